The number of aromatic nitrogens is 1. The SMILES string of the molecule is COc1ccc(-c2cccc3c(N)c4c(nc23)CN(C2CC2)C4=O)c(C(F)(F)F)c1. The van der Waals surface area contributed by atoms with E-state index in [0.717, 1.165) is 18.9 Å². The lowest BCUT2D eigenvalue weighted by atomic mass is 9.95. The highest BCUT2D eigenvalue weighted by Crippen LogP contribution is 2.43. The van der Waals surface area contributed by atoms with Crippen molar-refractivity contribution in [1.29, 1.82) is 0 Å². The van der Waals surface area contributed by atoms with Crippen LogP contribution >= 0.6 is 0 Å². The van der Waals surface area contributed by atoms with Crippen molar-refractivity contribution >= 4 is 22.5 Å². The second kappa shape index (κ2) is 6.35. The van der Waals surface area contributed by atoms with E-state index in [1.54, 1.807) is 23.1 Å². The summed E-state index contributed by atoms with van der Waals surface area (Å²) in [5.41, 5.74) is 7.34. The second-order valence-electron chi connectivity index (χ2n) is 7.62. The van der Waals surface area contributed by atoms with Gasteiger partial charge in [0.2, 0.25) is 0 Å². The van der Waals surface area contributed by atoms with Crippen LogP contribution in [0, 0.1) is 0 Å². The summed E-state index contributed by atoms with van der Waals surface area (Å²) in [4.78, 5) is 19.2. The maximum atomic E-state index is 13.8. The van der Waals surface area contributed by atoms with Crippen LogP contribution in [0.1, 0.15) is 34.5 Å². The number of carbonyl (C=O) groups is 1. The number of nitrogen functional groups attached to an aromatic ring is 1. The number of ether oxygens (including phenoxy) is 1. The van der Waals surface area contributed by atoms with E-state index in [-0.39, 0.29) is 28.9 Å². The molecule has 2 N–H and O–H groups in total. The van der Waals surface area contributed by atoms with Gasteiger partial charge in [-0.1, -0.05) is 24.3 Å². The Hall–Kier alpha value is -3.29. The molecule has 1 saturated carbocycles. The summed E-state index contributed by atoms with van der Waals surface area (Å²) in [5, 5.41) is 0.473. The number of para-hydroxylation sites is 1. The molecule has 0 unspecified atom stereocenters. The summed E-state index contributed by atoms with van der Waals surface area (Å²) in [5.74, 6) is -0.0319. The summed E-state index contributed by atoms with van der Waals surface area (Å²) in [6.45, 7) is 0.335. The normalized spacial score (nSPS) is 16.3. The van der Waals surface area contributed by atoms with E-state index in [2.05, 4.69) is 4.98 Å². The molecule has 1 amide bonds. The van der Waals surface area contributed by atoms with Gasteiger partial charge in [-0.2, -0.15) is 13.2 Å². The van der Waals surface area contributed by atoms with Gasteiger partial charge >= 0.3 is 6.18 Å². The minimum atomic E-state index is -4.58. The molecule has 1 fully saturated rings. The van der Waals surface area contributed by atoms with Crippen LogP contribution < -0.4 is 10.5 Å². The first-order chi connectivity index (χ1) is 14.3. The smallest absolute Gasteiger partial charge is 0.417 e. The number of benzene rings is 2. The first-order valence-corrected chi connectivity index (χ1v) is 9.57. The number of carbonyl (C=O) groups excluding carboxylic acids is 1. The lowest BCUT2D eigenvalue weighted by molar-refractivity contribution is -0.137. The Bertz CT molecular complexity index is 1200. The van der Waals surface area contributed by atoms with Crippen LogP contribution in [0.5, 0.6) is 5.75 Å². The Morgan fingerprint density at radius 1 is 1.17 bits per heavy atom. The van der Waals surface area contributed by atoms with E-state index in [0.29, 0.717) is 34.3 Å². The third-order valence-corrected chi connectivity index (χ3v) is 5.74. The highest BCUT2D eigenvalue weighted by Gasteiger charge is 2.41. The van der Waals surface area contributed by atoms with Gasteiger partial charge in [0.15, 0.2) is 0 Å². The third kappa shape index (κ3) is 2.78. The summed E-state index contributed by atoms with van der Waals surface area (Å²) < 4.78 is 46.4. The number of hydrogen-bond acceptors (Lipinski definition) is 4. The molecular formula is C22H18F3N3O2. The zero-order valence-corrected chi connectivity index (χ0v) is 16.1. The standard InChI is InChI=1S/C22H18F3N3O2/c1-30-12-7-8-13(16(9-12)22(23,24)25)14-3-2-4-15-19(26)18-17(27-20(14)15)10-28(21(18)29)11-5-6-11/h2-4,7-9,11H,5-6,10H2,1H3,(H2,26,27). The van der Waals surface area contributed by atoms with Crippen LogP contribution in [0.15, 0.2) is 36.4 Å². The zero-order valence-electron chi connectivity index (χ0n) is 16.1. The molecule has 1 aliphatic carbocycles. The maximum Gasteiger partial charge on any atom is 0.417 e. The van der Waals surface area contributed by atoms with E-state index in [9.17, 15) is 18.0 Å². The Morgan fingerprint density at radius 3 is 2.60 bits per heavy atom. The number of pyridine rings is 1. The Kier molecular flexibility index (Phi) is 3.96. The molecule has 3 aromatic rings. The highest BCUT2D eigenvalue weighted by atomic mass is 19.4. The quantitative estimate of drug-likeness (QED) is 0.680. The molecule has 8 heteroatoms. The number of nitrogens with zero attached hydrogens (tertiary/aromatic N) is 2. The van der Waals surface area contributed by atoms with Crippen molar-refractivity contribution in [2.45, 2.75) is 31.6 Å². The van der Waals surface area contributed by atoms with E-state index >= 15 is 0 Å². The number of hydrogen-bond donors (Lipinski definition) is 1. The number of rotatable bonds is 3. The van der Waals surface area contributed by atoms with Crippen LogP contribution in [-0.2, 0) is 12.7 Å². The number of halogens is 3. The predicted octanol–water partition coefficient (Wildman–Crippen LogP) is 4.63. The zero-order chi connectivity index (χ0) is 21.2. The van der Waals surface area contributed by atoms with Crippen molar-refractivity contribution in [1.82, 2.24) is 9.88 Å². The van der Waals surface area contributed by atoms with E-state index in [1.165, 1.54) is 19.2 Å². The van der Waals surface area contributed by atoms with Gasteiger partial charge < -0.3 is 15.4 Å². The van der Waals surface area contributed by atoms with E-state index < -0.39 is 11.7 Å². The second-order valence-corrected chi connectivity index (χ2v) is 7.62. The molecule has 1 aromatic heterocycles. The van der Waals surface area contributed by atoms with Crippen LogP contribution in [0.4, 0.5) is 18.9 Å². The lowest BCUT2D eigenvalue weighted by Gasteiger charge is -2.16. The van der Waals surface area contributed by atoms with Gasteiger partial charge in [-0.25, -0.2) is 4.98 Å². The molecule has 0 radical (unpaired) electrons. The summed E-state index contributed by atoms with van der Waals surface area (Å²) in [6, 6.07) is 8.95. The topological polar surface area (TPSA) is 68.5 Å². The van der Waals surface area contributed by atoms with Crippen LogP contribution in [-0.4, -0.2) is 28.9 Å². The molecule has 0 atom stereocenters. The lowest BCUT2D eigenvalue weighted by Crippen LogP contribution is -2.26. The summed E-state index contributed by atoms with van der Waals surface area (Å²) >= 11 is 0. The molecule has 30 heavy (non-hydrogen) atoms. The average molecular weight is 413 g/mol. The van der Waals surface area contributed by atoms with E-state index in [1.807, 2.05) is 0 Å². The van der Waals surface area contributed by atoms with Crippen LogP contribution in [0.3, 0.4) is 0 Å². The van der Waals surface area contributed by atoms with Gasteiger partial charge in [0.1, 0.15) is 5.75 Å². The summed E-state index contributed by atoms with van der Waals surface area (Å²) in [6.07, 6.45) is -2.68. The molecular weight excluding hydrogens is 395 g/mol. The van der Waals surface area contributed by atoms with Crippen molar-refractivity contribution in [3.05, 3.63) is 53.2 Å². The number of nitrogens with two attached hydrogens (primary N) is 1. The van der Waals surface area contributed by atoms with E-state index in [4.69, 9.17) is 10.5 Å². The molecule has 5 nitrogen and oxygen atoms in total. The highest BCUT2D eigenvalue weighted by molar-refractivity contribution is 6.11. The molecule has 0 bridgehead atoms. The Balaban J connectivity index is 1.74. The van der Waals surface area contributed by atoms with Gasteiger partial charge in [-0.15, -0.1) is 0 Å². The first-order valence-electron chi connectivity index (χ1n) is 9.57. The molecule has 154 valence electrons. The number of alkyl halides is 3. The minimum Gasteiger partial charge on any atom is -0.497 e. The molecule has 2 aliphatic rings. The fourth-order valence-corrected chi connectivity index (χ4v) is 4.11. The van der Waals surface area contributed by atoms with Crippen molar-refractivity contribution < 1.29 is 22.7 Å². The number of anilines is 1. The van der Waals surface area contributed by atoms with Crippen molar-refractivity contribution in [3.8, 4) is 16.9 Å². The maximum absolute atomic E-state index is 13.8. The summed E-state index contributed by atoms with van der Waals surface area (Å²) in [7, 11) is 1.32. The fourth-order valence-electron chi connectivity index (χ4n) is 4.11. The van der Waals surface area contributed by atoms with Gasteiger partial charge in [-0.05, 0) is 30.5 Å². The van der Waals surface area contributed by atoms with Gasteiger partial charge in [0.05, 0.1) is 41.7 Å². The van der Waals surface area contributed by atoms with Gasteiger partial charge in [-0.3, -0.25) is 4.79 Å². The number of fused-ring (bicyclic) bond motifs is 2. The molecule has 0 saturated heterocycles. The monoisotopic (exact) mass is 413 g/mol. The number of methoxy groups -OCH3 is 1. The first kappa shape index (κ1) is 18.7. The van der Waals surface area contributed by atoms with Gasteiger partial charge in [0, 0.05) is 17.0 Å². The fraction of sp³-hybridized carbons (Fsp3) is 0.273. The van der Waals surface area contributed by atoms with Crippen molar-refractivity contribution in [2.24, 2.45) is 0 Å². The Morgan fingerprint density at radius 2 is 1.93 bits per heavy atom. The number of amides is 1. The van der Waals surface area contributed by atoms with Gasteiger partial charge in [0.25, 0.3) is 5.91 Å². The largest absolute Gasteiger partial charge is 0.497 e. The third-order valence-electron chi connectivity index (χ3n) is 5.74. The average Bonchev–Trinajstić information content (AvgIpc) is 3.50. The molecule has 5 rings (SSSR count). The van der Waals surface area contributed by atoms with Crippen molar-refractivity contribution in [3.63, 3.8) is 0 Å². The Labute approximate surface area is 170 Å². The molecule has 2 heterocycles. The van der Waals surface area contributed by atoms with Crippen LogP contribution in [0.2, 0.25) is 0 Å². The van der Waals surface area contributed by atoms with Crippen LogP contribution in [0.25, 0.3) is 22.0 Å². The predicted molar refractivity (Wildman–Crippen MR) is 106 cm³/mol. The van der Waals surface area contributed by atoms with Crippen molar-refractivity contribution in [2.75, 3.05) is 12.8 Å². The molecule has 2 aromatic carbocycles. The molecule has 0 spiro atoms. The molecule has 1 aliphatic heterocycles. The minimum absolute atomic E-state index is 0.0101.